The van der Waals surface area contributed by atoms with Gasteiger partial charge >= 0.3 is 12.3 Å². The number of amides is 1. The molecule has 0 radical (unpaired) electrons. The number of ether oxygens (including phenoxy) is 2. The second-order valence-electron chi connectivity index (χ2n) is 17.8. The van der Waals surface area contributed by atoms with E-state index in [4.69, 9.17) is 0 Å². The molecule has 1 amide bonds. The van der Waals surface area contributed by atoms with Crippen molar-refractivity contribution in [2.24, 2.45) is 0 Å². The summed E-state index contributed by atoms with van der Waals surface area (Å²) in [7, 11) is 0. The topological polar surface area (TPSA) is 168 Å². The van der Waals surface area contributed by atoms with E-state index in [-0.39, 0.29) is 64.3 Å². The molecule has 3 heterocycles. The van der Waals surface area contributed by atoms with Gasteiger partial charge in [-0.3, -0.25) is 19.4 Å². The number of aromatic carboxylic acids is 1. The number of nitrogens with zero attached hydrogens (tertiary/aromatic N) is 1. The van der Waals surface area contributed by atoms with Crippen LogP contribution < -0.4 is 20.2 Å². The Morgan fingerprint density at radius 2 is 1.52 bits per heavy atom. The summed E-state index contributed by atoms with van der Waals surface area (Å²) in [5.74, 6) is -1.61. The van der Waals surface area contributed by atoms with E-state index in [0.29, 0.717) is 51.9 Å². The van der Waals surface area contributed by atoms with Gasteiger partial charge in [0.2, 0.25) is 5.43 Å². The molecule has 0 spiro atoms. The summed E-state index contributed by atoms with van der Waals surface area (Å²) in [5.41, 5.74) is 4.75. The first-order chi connectivity index (χ1) is 29.1. The lowest BCUT2D eigenvalue weighted by Gasteiger charge is -2.28. The van der Waals surface area contributed by atoms with E-state index in [1.807, 2.05) is 66.7 Å². The zero-order valence-corrected chi connectivity index (χ0v) is 35.4. The van der Waals surface area contributed by atoms with Crippen LogP contribution in [0.3, 0.4) is 0 Å². The number of fused-ring (bicyclic) bond motifs is 2. The lowest BCUT2D eigenvalue weighted by Crippen LogP contribution is -2.26. The van der Waals surface area contributed by atoms with E-state index in [2.05, 4.69) is 24.8 Å². The van der Waals surface area contributed by atoms with Gasteiger partial charge in [0.25, 0.3) is 5.91 Å². The molecule has 1 saturated carbocycles. The Bertz CT molecular complexity index is 2830. The van der Waals surface area contributed by atoms with Crippen molar-refractivity contribution in [3.63, 3.8) is 0 Å². The molecule has 4 aromatic carbocycles. The molecule has 13 heteroatoms. The lowest BCUT2D eigenvalue weighted by atomic mass is 9.79. The summed E-state index contributed by atoms with van der Waals surface area (Å²) in [6, 6.07) is 25.2. The second kappa shape index (κ2) is 16.8. The normalized spacial score (nSPS) is 14.5. The molecule has 0 unspecified atom stereocenters. The van der Waals surface area contributed by atoms with E-state index < -0.39 is 23.6 Å². The fraction of sp³-hybridized carbons (Fsp3) is 0.300. The highest BCUT2D eigenvalue weighted by Gasteiger charge is 2.52. The molecule has 1 aliphatic carbocycles. The standard InChI is InChI=1S/C25H19F2NO5.C24H28N2O3.CH4/c1-14-5-7-18(28-22(14)15-3-2-4-16(11-15)23(30)31)13-21(29)24(9-10-24)17-6-8-19-20(12-17)33-25(26,27)32-19;1-23(2,3)16-11-17(24(4,5)6)20(27)12-19(16)26-22(29)15-13-25-18-10-8-7-9-14(18)21(15)28;/h2-8,11-12H,9-10,13H2,1H3,(H,30,31);7-13,27H,1-6H3,(H,25,28)(H,26,29);1H4. The Morgan fingerprint density at radius 1 is 0.841 bits per heavy atom. The Morgan fingerprint density at radius 3 is 2.19 bits per heavy atom. The number of carbonyl (C=O) groups is 3. The number of aromatic hydroxyl groups is 1. The SMILES string of the molecule is C.CC(C)(C)c1cc(C(C)(C)C)c(NC(=O)c2c[nH]c3ccccc3c2=O)cc1O.Cc1ccc(CC(=O)C2(c3ccc4c(c3)OC(F)(F)O4)CC2)nc1-c1cccc(C(=O)O)c1. The van der Waals surface area contributed by atoms with Gasteiger partial charge in [0.1, 0.15) is 17.1 Å². The number of hydrogen-bond acceptors (Lipinski definition) is 8. The highest BCUT2D eigenvalue weighted by atomic mass is 19.3. The van der Waals surface area contributed by atoms with Crippen molar-refractivity contribution in [3.8, 4) is 28.5 Å². The number of Topliss-reactive ketones (excluding diaryl/α,β-unsaturated/α-hetero) is 1. The molecule has 328 valence electrons. The Balaban J connectivity index is 0.000000208. The maximum atomic E-state index is 13.4. The van der Waals surface area contributed by atoms with Gasteiger partial charge in [-0.2, -0.15) is 0 Å². The quantitative estimate of drug-likeness (QED) is 0.116. The van der Waals surface area contributed by atoms with Crippen LogP contribution in [-0.2, 0) is 27.5 Å². The maximum Gasteiger partial charge on any atom is 0.586 e. The van der Waals surface area contributed by atoms with Gasteiger partial charge in [0.15, 0.2) is 11.5 Å². The van der Waals surface area contributed by atoms with Crippen LogP contribution in [0.2, 0.25) is 0 Å². The van der Waals surface area contributed by atoms with E-state index in [1.165, 1.54) is 24.4 Å². The number of aryl methyl sites for hydroxylation is 1. The number of carboxylic acid groups (broad SMARTS) is 1. The summed E-state index contributed by atoms with van der Waals surface area (Å²) in [6.07, 6.45) is -0.985. The largest absolute Gasteiger partial charge is 0.586 e. The van der Waals surface area contributed by atoms with Crippen LogP contribution in [0.25, 0.3) is 22.2 Å². The smallest absolute Gasteiger partial charge is 0.508 e. The van der Waals surface area contributed by atoms with E-state index in [0.717, 1.165) is 16.7 Å². The van der Waals surface area contributed by atoms with Crippen molar-refractivity contribution in [2.45, 2.75) is 97.7 Å². The van der Waals surface area contributed by atoms with E-state index >= 15 is 0 Å². The first-order valence-corrected chi connectivity index (χ1v) is 20.1. The highest BCUT2D eigenvalue weighted by Crippen LogP contribution is 2.52. The minimum absolute atomic E-state index is 0. The Kier molecular flexibility index (Phi) is 12.1. The second-order valence-corrected chi connectivity index (χ2v) is 17.8. The fourth-order valence-corrected chi connectivity index (χ4v) is 7.63. The monoisotopic (exact) mass is 859 g/mol. The summed E-state index contributed by atoms with van der Waals surface area (Å²) >= 11 is 0. The third-order valence-electron chi connectivity index (χ3n) is 11.1. The van der Waals surface area contributed by atoms with Crippen LogP contribution in [0, 0.1) is 6.92 Å². The van der Waals surface area contributed by atoms with Gasteiger partial charge in [0.05, 0.1) is 16.7 Å². The van der Waals surface area contributed by atoms with Crippen molar-refractivity contribution < 1.29 is 42.9 Å². The zero-order chi connectivity index (χ0) is 44.9. The molecule has 6 aromatic rings. The number of phenolic OH excluding ortho intramolecular Hbond substituents is 1. The number of aromatic amines is 1. The van der Waals surface area contributed by atoms with E-state index in [9.17, 15) is 38.2 Å². The number of phenols is 1. The molecular weight excluding hydrogens is 809 g/mol. The van der Waals surface area contributed by atoms with Gasteiger partial charge in [0, 0.05) is 46.5 Å². The van der Waals surface area contributed by atoms with Gasteiger partial charge in [-0.1, -0.05) is 85.4 Å². The predicted octanol–water partition coefficient (Wildman–Crippen LogP) is 10.6. The number of para-hydroxylation sites is 1. The number of alkyl halides is 2. The van der Waals surface area contributed by atoms with Crippen molar-refractivity contribution in [1.29, 1.82) is 0 Å². The average Bonchev–Trinajstić information content (AvgIpc) is 3.95. The van der Waals surface area contributed by atoms with E-state index in [1.54, 1.807) is 54.6 Å². The van der Waals surface area contributed by atoms with Crippen LogP contribution in [0.1, 0.15) is 110 Å². The summed E-state index contributed by atoms with van der Waals surface area (Å²) in [6.45, 7) is 14.1. The number of pyridine rings is 2. The molecular formula is C50H51F2N3O8. The molecule has 2 aliphatic rings. The molecule has 4 N–H and O–H groups in total. The third kappa shape index (κ3) is 9.47. The van der Waals surface area contributed by atoms with Crippen LogP contribution in [-0.4, -0.2) is 44.1 Å². The fourth-order valence-electron chi connectivity index (χ4n) is 7.63. The van der Waals surface area contributed by atoms with Crippen molar-refractivity contribution in [1.82, 2.24) is 9.97 Å². The number of aromatic nitrogens is 2. The third-order valence-corrected chi connectivity index (χ3v) is 11.1. The van der Waals surface area contributed by atoms with Crippen molar-refractivity contribution in [3.05, 3.63) is 146 Å². The van der Waals surface area contributed by atoms with Gasteiger partial charge in [-0.05, 0) is 101 Å². The van der Waals surface area contributed by atoms with Crippen LogP contribution in [0.4, 0.5) is 14.5 Å². The van der Waals surface area contributed by atoms with Crippen LogP contribution in [0.5, 0.6) is 17.2 Å². The lowest BCUT2D eigenvalue weighted by molar-refractivity contribution is -0.286. The van der Waals surface area contributed by atoms with Gasteiger partial charge < -0.3 is 30.0 Å². The number of halogens is 2. The Hall–Kier alpha value is -6.89. The number of hydrogen-bond donors (Lipinski definition) is 4. The first kappa shape index (κ1) is 45.6. The number of carboxylic acids is 1. The molecule has 1 fully saturated rings. The molecule has 11 nitrogen and oxygen atoms in total. The molecule has 63 heavy (non-hydrogen) atoms. The van der Waals surface area contributed by atoms with Crippen molar-refractivity contribution >= 4 is 34.3 Å². The molecule has 0 atom stereocenters. The van der Waals surface area contributed by atoms with Crippen LogP contribution >= 0.6 is 0 Å². The first-order valence-electron chi connectivity index (χ1n) is 20.1. The predicted molar refractivity (Wildman–Crippen MR) is 238 cm³/mol. The number of ketones is 1. The molecule has 8 rings (SSSR count). The molecule has 1 aliphatic heterocycles. The Labute approximate surface area is 364 Å². The average molecular weight is 860 g/mol. The molecule has 0 saturated heterocycles. The minimum Gasteiger partial charge on any atom is -0.508 e. The van der Waals surface area contributed by atoms with Gasteiger partial charge in [-0.25, -0.2) is 4.79 Å². The van der Waals surface area contributed by atoms with Crippen molar-refractivity contribution in [2.75, 3.05) is 5.32 Å². The number of carbonyl (C=O) groups excluding carboxylic acids is 2. The number of rotatable bonds is 8. The summed E-state index contributed by atoms with van der Waals surface area (Å²) in [4.78, 5) is 57.9. The highest BCUT2D eigenvalue weighted by molar-refractivity contribution is 6.06. The zero-order valence-electron chi connectivity index (χ0n) is 35.4. The number of nitrogens with one attached hydrogen (secondary N) is 2. The minimum atomic E-state index is -3.71. The maximum absolute atomic E-state index is 13.4. The van der Waals surface area contributed by atoms with Gasteiger partial charge in [-0.15, -0.1) is 8.78 Å². The van der Waals surface area contributed by atoms with Crippen LogP contribution in [0.15, 0.2) is 102 Å². The summed E-state index contributed by atoms with van der Waals surface area (Å²) in [5, 5.41) is 23.1. The molecule has 0 bridgehead atoms. The number of H-pyrrole nitrogens is 1. The number of benzene rings is 4. The molecule has 2 aromatic heterocycles. The number of anilines is 1. The summed E-state index contributed by atoms with van der Waals surface area (Å²) < 4.78 is 35.7.